The van der Waals surface area contributed by atoms with Gasteiger partial charge in [-0.1, -0.05) is 25.1 Å². The standard InChI is InChI=1S/C14H21NOS/c1-10(9-14(2,3)17(15)16)12-6-4-11-5-7-13(11)8-12/h4,6,8,10H,5,7,9,15H2,1-3H3/t10-,17?/m0/s1. The Bertz CT molecular complexity index is 454. The van der Waals surface area contributed by atoms with Crippen LogP contribution in [0.15, 0.2) is 18.2 Å². The summed E-state index contributed by atoms with van der Waals surface area (Å²) in [4.78, 5) is 0. The molecule has 0 bridgehead atoms. The van der Waals surface area contributed by atoms with Crippen molar-refractivity contribution >= 4 is 11.0 Å². The first-order valence-electron chi connectivity index (χ1n) is 6.18. The van der Waals surface area contributed by atoms with Crippen LogP contribution in [-0.4, -0.2) is 8.96 Å². The lowest BCUT2D eigenvalue weighted by Crippen LogP contribution is -2.33. The normalized spacial score (nSPS) is 18.1. The van der Waals surface area contributed by atoms with Crippen LogP contribution in [0.4, 0.5) is 0 Å². The van der Waals surface area contributed by atoms with Crippen LogP contribution in [0.5, 0.6) is 0 Å². The van der Waals surface area contributed by atoms with Gasteiger partial charge in [-0.15, -0.1) is 0 Å². The average molecular weight is 251 g/mol. The van der Waals surface area contributed by atoms with E-state index in [2.05, 4.69) is 25.1 Å². The van der Waals surface area contributed by atoms with Crippen molar-refractivity contribution in [2.24, 2.45) is 5.14 Å². The van der Waals surface area contributed by atoms with Crippen molar-refractivity contribution in [1.82, 2.24) is 0 Å². The fourth-order valence-corrected chi connectivity index (χ4v) is 2.87. The van der Waals surface area contributed by atoms with E-state index in [1.165, 1.54) is 29.5 Å². The molecule has 2 rings (SSSR count). The monoisotopic (exact) mass is 251 g/mol. The third-order valence-corrected chi connectivity index (χ3v) is 5.06. The van der Waals surface area contributed by atoms with Crippen molar-refractivity contribution in [3.63, 3.8) is 0 Å². The lowest BCUT2D eigenvalue weighted by atomic mass is 9.83. The molecule has 1 aromatic carbocycles. The van der Waals surface area contributed by atoms with Gasteiger partial charge in [0.2, 0.25) is 0 Å². The molecule has 94 valence electrons. The van der Waals surface area contributed by atoms with Gasteiger partial charge in [-0.25, -0.2) is 4.21 Å². The Morgan fingerprint density at radius 1 is 1.35 bits per heavy atom. The summed E-state index contributed by atoms with van der Waals surface area (Å²) in [5.41, 5.74) is 4.32. The predicted octanol–water partition coefficient (Wildman–Crippen LogP) is 2.68. The number of hydrogen-bond acceptors (Lipinski definition) is 1. The molecule has 3 heteroatoms. The summed E-state index contributed by atoms with van der Waals surface area (Å²) in [6.45, 7) is 6.14. The smallest absolute Gasteiger partial charge is 0.0945 e. The van der Waals surface area contributed by atoms with Crippen LogP contribution >= 0.6 is 0 Å². The van der Waals surface area contributed by atoms with Gasteiger partial charge in [0, 0.05) is 0 Å². The second-order valence-corrected chi connectivity index (χ2v) is 7.39. The molecule has 0 radical (unpaired) electrons. The van der Waals surface area contributed by atoms with Gasteiger partial charge >= 0.3 is 0 Å². The van der Waals surface area contributed by atoms with Gasteiger partial charge in [-0.2, -0.15) is 0 Å². The van der Waals surface area contributed by atoms with Gasteiger partial charge in [-0.3, -0.25) is 5.14 Å². The van der Waals surface area contributed by atoms with E-state index in [0.29, 0.717) is 5.92 Å². The second-order valence-electron chi connectivity index (χ2n) is 5.69. The van der Waals surface area contributed by atoms with Crippen LogP contribution < -0.4 is 5.14 Å². The summed E-state index contributed by atoms with van der Waals surface area (Å²) in [6.07, 6.45) is 3.29. The minimum Gasteiger partial charge on any atom is -0.251 e. The number of rotatable bonds is 4. The van der Waals surface area contributed by atoms with Crippen LogP contribution in [-0.2, 0) is 23.8 Å². The molecule has 0 aromatic heterocycles. The zero-order chi connectivity index (χ0) is 12.6. The first-order chi connectivity index (χ1) is 7.90. The molecule has 0 spiro atoms. The predicted molar refractivity (Wildman–Crippen MR) is 73.3 cm³/mol. The molecule has 0 aliphatic heterocycles. The Hall–Kier alpha value is -0.670. The van der Waals surface area contributed by atoms with Crippen molar-refractivity contribution in [3.8, 4) is 0 Å². The lowest BCUT2D eigenvalue weighted by Gasteiger charge is -2.27. The van der Waals surface area contributed by atoms with Crippen LogP contribution in [0.25, 0.3) is 0 Å². The Labute approximate surface area is 106 Å². The van der Waals surface area contributed by atoms with Crippen LogP contribution in [0.1, 0.15) is 49.8 Å². The second kappa shape index (κ2) is 4.54. The molecular formula is C14H21NOS. The highest BCUT2D eigenvalue weighted by atomic mass is 32.2. The summed E-state index contributed by atoms with van der Waals surface area (Å²) in [6, 6.07) is 6.74. The maximum atomic E-state index is 11.5. The molecule has 2 nitrogen and oxygen atoms in total. The molecule has 2 N–H and O–H groups in total. The molecule has 1 aromatic rings. The first kappa shape index (κ1) is 12.8. The van der Waals surface area contributed by atoms with Gasteiger partial charge in [-0.05, 0) is 55.7 Å². The zero-order valence-corrected chi connectivity index (χ0v) is 11.6. The van der Waals surface area contributed by atoms with Crippen molar-refractivity contribution in [1.29, 1.82) is 0 Å². The Morgan fingerprint density at radius 2 is 2.00 bits per heavy atom. The molecule has 1 aliphatic rings. The molecule has 0 amide bonds. The van der Waals surface area contributed by atoms with E-state index < -0.39 is 11.0 Å². The van der Waals surface area contributed by atoms with Crippen LogP contribution in [0.2, 0.25) is 0 Å². The number of benzene rings is 1. The van der Waals surface area contributed by atoms with Crippen LogP contribution in [0, 0.1) is 0 Å². The van der Waals surface area contributed by atoms with E-state index in [0.717, 1.165) is 6.42 Å². The summed E-state index contributed by atoms with van der Waals surface area (Å²) in [5, 5.41) is 5.53. The topological polar surface area (TPSA) is 43.1 Å². The first-order valence-corrected chi connectivity index (χ1v) is 7.39. The maximum absolute atomic E-state index is 11.5. The van der Waals surface area contributed by atoms with Crippen molar-refractivity contribution < 1.29 is 4.21 Å². The molecule has 0 fully saturated rings. The molecule has 1 unspecified atom stereocenters. The fourth-order valence-electron chi connectivity index (χ4n) is 2.46. The van der Waals surface area contributed by atoms with Gasteiger partial charge in [0.25, 0.3) is 0 Å². The summed E-state index contributed by atoms with van der Waals surface area (Å²) >= 11 is 0. The highest BCUT2D eigenvalue weighted by Crippen LogP contribution is 2.32. The van der Waals surface area contributed by atoms with Crippen molar-refractivity contribution in [3.05, 3.63) is 34.9 Å². The number of fused-ring (bicyclic) bond motifs is 1. The lowest BCUT2D eigenvalue weighted by molar-refractivity contribution is 0.540. The molecule has 0 saturated carbocycles. The number of nitrogens with two attached hydrogens (primary N) is 1. The zero-order valence-electron chi connectivity index (χ0n) is 10.8. The van der Waals surface area contributed by atoms with Gasteiger partial charge in [0.05, 0.1) is 15.7 Å². The highest BCUT2D eigenvalue weighted by molar-refractivity contribution is 7.84. The van der Waals surface area contributed by atoms with Crippen molar-refractivity contribution in [2.75, 3.05) is 0 Å². The third kappa shape index (κ3) is 2.61. The SMILES string of the molecule is C[C@@H](CC(C)(C)S(N)=O)c1ccc2c(c1)CC2. The minimum atomic E-state index is -1.27. The molecule has 2 atom stereocenters. The molecule has 0 saturated heterocycles. The Kier molecular flexibility index (Phi) is 3.41. The Morgan fingerprint density at radius 3 is 2.47 bits per heavy atom. The largest absolute Gasteiger partial charge is 0.251 e. The van der Waals surface area contributed by atoms with E-state index in [9.17, 15) is 4.21 Å². The average Bonchev–Trinajstić information content (AvgIpc) is 2.19. The fraction of sp³-hybridized carbons (Fsp3) is 0.571. The summed E-state index contributed by atoms with van der Waals surface area (Å²) in [7, 11) is -1.27. The maximum Gasteiger partial charge on any atom is 0.0945 e. The van der Waals surface area contributed by atoms with Gasteiger partial charge in [0.1, 0.15) is 0 Å². The summed E-state index contributed by atoms with van der Waals surface area (Å²) < 4.78 is 11.1. The van der Waals surface area contributed by atoms with Crippen molar-refractivity contribution in [2.45, 2.75) is 50.7 Å². The highest BCUT2D eigenvalue weighted by Gasteiger charge is 2.27. The Balaban J connectivity index is 2.12. The van der Waals surface area contributed by atoms with E-state index in [1.807, 2.05) is 13.8 Å². The van der Waals surface area contributed by atoms with E-state index in [4.69, 9.17) is 5.14 Å². The molecular weight excluding hydrogens is 230 g/mol. The molecule has 0 heterocycles. The number of hydrogen-bond donors (Lipinski definition) is 1. The third-order valence-electron chi connectivity index (χ3n) is 3.81. The van der Waals surface area contributed by atoms with Gasteiger partial charge < -0.3 is 0 Å². The summed E-state index contributed by atoms with van der Waals surface area (Å²) in [5.74, 6) is 0.406. The van der Waals surface area contributed by atoms with Crippen LogP contribution in [0.3, 0.4) is 0 Å². The van der Waals surface area contributed by atoms with E-state index >= 15 is 0 Å². The van der Waals surface area contributed by atoms with E-state index in [1.54, 1.807) is 0 Å². The quantitative estimate of drug-likeness (QED) is 0.878. The minimum absolute atomic E-state index is 0.317. The van der Waals surface area contributed by atoms with E-state index in [-0.39, 0.29) is 4.75 Å². The molecule has 1 aliphatic carbocycles. The van der Waals surface area contributed by atoms with Gasteiger partial charge in [0.15, 0.2) is 0 Å². The number of aryl methyl sites for hydroxylation is 2. The molecule has 17 heavy (non-hydrogen) atoms.